The number of ketones is 1. The summed E-state index contributed by atoms with van der Waals surface area (Å²) in [6, 6.07) is 12.2. The number of hydrogen-bond acceptors (Lipinski definition) is 5. The average molecular weight is 352 g/mol. The van der Waals surface area contributed by atoms with Crippen molar-refractivity contribution >= 4 is 28.5 Å². The number of aryl methyl sites for hydroxylation is 1. The lowest BCUT2D eigenvalue weighted by Gasteiger charge is -2.06. The maximum Gasteiger partial charge on any atom is 0.224 e. The summed E-state index contributed by atoms with van der Waals surface area (Å²) in [5, 5.41) is 2.78. The van der Waals surface area contributed by atoms with Gasteiger partial charge in [-0.05, 0) is 49.4 Å². The highest BCUT2D eigenvalue weighted by molar-refractivity contribution is 6.00. The minimum Gasteiger partial charge on any atom is -0.494 e. The zero-order valence-corrected chi connectivity index (χ0v) is 14.7. The molecule has 0 bridgehead atoms. The molecule has 6 nitrogen and oxygen atoms in total. The summed E-state index contributed by atoms with van der Waals surface area (Å²) in [7, 11) is 0. The van der Waals surface area contributed by atoms with E-state index in [0.29, 0.717) is 34.8 Å². The fourth-order valence-electron chi connectivity index (χ4n) is 2.62. The summed E-state index contributed by atoms with van der Waals surface area (Å²) in [6.07, 6.45) is 0.257. The number of nitrogens with one attached hydrogen (secondary N) is 1. The lowest BCUT2D eigenvalue weighted by atomic mass is 10.1. The number of aromatic nitrogens is 1. The highest BCUT2D eigenvalue weighted by Gasteiger charge is 2.11. The Hall–Kier alpha value is -3.15. The van der Waals surface area contributed by atoms with E-state index in [0.717, 1.165) is 5.75 Å². The number of ether oxygens (including phenoxy) is 1. The second kappa shape index (κ2) is 7.82. The summed E-state index contributed by atoms with van der Waals surface area (Å²) in [5.74, 6) is 0.999. The SMILES string of the molecule is CCOc1ccc(C(=O)CCC(=O)Nc2ccc3oc(C)nc3c2)cc1. The van der Waals surface area contributed by atoms with Crippen LogP contribution in [0.2, 0.25) is 0 Å². The summed E-state index contributed by atoms with van der Waals surface area (Å²) in [5.41, 5.74) is 2.56. The van der Waals surface area contributed by atoms with Gasteiger partial charge in [0.25, 0.3) is 0 Å². The van der Waals surface area contributed by atoms with Crippen LogP contribution in [0.25, 0.3) is 11.1 Å². The number of nitrogens with zero attached hydrogens (tertiary/aromatic N) is 1. The molecule has 3 rings (SSSR count). The molecule has 0 spiro atoms. The standard InChI is InChI=1S/C20H20N2O4/c1-3-25-16-7-4-14(5-8-16)18(23)9-11-20(24)22-15-6-10-19-17(12-15)21-13(2)26-19/h4-8,10,12H,3,9,11H2,1-2H3,(H,22,24). The highest BCUT2D eigenvalue weighted by atomic mass is 16.5. The first-order valence-electron chi connectivity index (χ1n) is 8.48. The maximum atomic E-state index is 12.2. The molecule has 0 aliphatic rings. The number of oxazole rings is 1. The van der Waals surface area contributed by atoms with Crippen LogP contribution in [0.1, 0.15) is 36.0 Å². The summed E-state index contributed by atoms with van der Waals surface area (Å²) < 4.78 is 10.8. The second-order valence-electron chi connectivity index (χ2n) is 5.84. The van der Waals surface area contributed by atoms with Gasteiger partial charge in [-0.15, -0.1) is 0 Å². The summed E-state index contributed by atoms with van der Waals surface area (Å²) in [6.45, 7) is 4.25. The number of fused-ring (bicyclic) bond motifs is 1. The first kappa shape index (κ1) is 17.7. The number of amides is 1. The lowest BCUT2D eigenvalue weighted by molar-refractivity contribution is -0.116. The fraction of sp³-hybridized carbons (Fsp3) is 0.250. The van der Waals surface area contributed by atoms with E-state index >= 15 is 0 Å². The lowest BCUT2D eigenvalue weighted by Crippen LogP contribution is -2.13. The largest absolute Gasteiger partial charge is 0.494 e. The number of Topliss-reactive ketones (excluding diaryl/α,β-unsaturated/α-hetero) is 1. The van der Waals surface area contributed by atoms with Crippen molar-refractivity contribution < 1.29 is 18.7 Å². The van der Waals surface area contributed by atoms with E-state index in [4.69, 9.17) is 9.15 Å². The molecule has 1 heterocycles. The van der Waals surface area contributed by atoms with Gasteiger partial charge in [0.2, 0.25) is 5.91 Å². The van der Waals surface area contributed by atoms with Gasteiger partial charge in [-0.3, -0.25) is 9.59 Å². The number of hydrogen-bond donors (Lipinski definition) is 1. The molecular weight excluding hydrogens is 332 g/mol. The Bertz CT molecular complexity index is 929. The molecule has 0 aliphatic heterocycles. The molecule has 0 unspecified atom stereocenters. The second-order valence-corrected chi connectivity index (χ2v) is 5.84. The van der Waals surface area contributed by atoms with Crippen molar-refractivity contribution in [3.63, 3.8) is 0 Å². The molecule has 2 aromatic carbocycles. The average Bonchev–Trinajstić information content (AvgIpc) is 3.00. The number of carbonyl (C=O) groups excluding carboxylic acids is 2. The maximum absolute atomic E-state index is 12.2. The third-order valence-electron chi connectivity index (χ3n) is 3.84. The predicted octanol–water partition coefficient (Wildman–Crippen LogP) is 4.14. The number of carbonyl (C=O) groups is 2. The smallest absolute Gasteiger partial charge is 0.224 e. The molecule has 1 aromatic heterocycles. The van der Waals surface area contributed by atoms with E-state index in [1.807, 2.05) is 6.92 Å². The summed E-state index contributed by atoms with van der Waals surface area (Å²) in [4.78, 5) is 28.5. The Morgan fingerprint density at radius 3 is 2.62 bits per heavy atom. The molecular formula is C20H20N2O4. The van der Waals surface area contributed by atoms with Crippen molar-refractivity contribution in [3.8, 4) is 5.75 Å². The van der Waals surface area contributed by atoms with Crippen molar-refractivity contribution in [3.05, 3.63) is 53.9 Å². The van der Waals surface area contributed by atoms with Crippen LogP contribution in [-0.4, -0.2) is 23.3 Å². The quantitative estimate of drug-likeness (QED) is 0.646. The van der Waals surface area contributed by atoms with Gasteiger partial charge in [0.1, 0.15) is 11.3 Å². The molecule has 0 radical (unpaired) electrons. The molecule has 134 valence electrons. The van der Waals surface area contributed by atoms with E-state index < -0.39 is 0 Å². The molecule has 6 heteroatoms. The van der Waals surface area contributed by atoms with Crippen molar-refractivity contribution in [1.29, 1.82) is 0 Å². The first-order chi connectivity index (χ1) is 12.5. The Morgan fingerprint density at radius 2 is 1.88 bits per heavy atom. The monoisotopic (exact) mass is 352 g/mol. The minimum absolute atomic E-state index is 0.0780. The van der Waals surface area contributed by atoms with Crippen molar-refractivity contribution in [2.75, 3.05) is 11.9 Å². The van der Waals surface area contributed by atoms with E-state index in [9.17, 15) is 9.59 Å². The topological polar surface area (TPSA) is 81.4 Å². The van der Waals surface area contributed by atoms with Crippen LogP contribution in [0.4, 0.5) is 5.69 Å². The Labute approximate surface area is 151 Å². The molecule has 0 saturated heterocycles. The Kier molecular flexibility index (Phi) is 5.31. The van der Waals surface area contributed by atoms with Crippen molar-refractivity contribution in [1.82, 2.24) is 4.98 Å². The summed E-state index contributed by atoms with van der Waals surface area (Å²) >= 11 is 0. The van der Waals surface area contributed by atoms with E-state index in [1.54, 1.807) is 49.4 Å². The van der Waals surface area contributed by atoms with Crippen LogP contribution in [0.15, 0.2) is 46.9 Å². The van der Waals surface area contributed by atoms with E-state index in [-0.39, 0.29) is 24.5 Å². The van der Waals surface area contributed by atoms with Crippen LogP contribution in [0.3, 0.4) is 0 Å². The van der Waals surface area contributed by atoms with Gasteiger partial charge in [0, 0.05) is 31.0 Å². The molecule has 0 atom stereocenters. The van der Waals surface area contributed by atoms with Gasteiger partial charge >= 0.3 is 0 Å². The third kappa shape index (κ3) is 4.27. The van der Waals surface area contributed by atoms with E-state index in [1.165, 1.54) is 0 Å². The zero-order valence-electron chi connectivity index (χ0n) is 14.7. The van der Waals surface area contributed by atoms with Gasteiger partial charge < -0.3 is 14.5 Å². The number of anilines is 1. The highest BCUT2D eigenvalue weighted by Crippen LogP contribution is 2.20. The zero-order chi connectivity index (χ0) is 18.5. The molecule has 1 N–H and O–H groups in total. The number of benzene rings is 2. The molecule has 1 amide bonds. The van der Waals surface area contributed by atoms with Crippen LogP contribution >= 0.6 is 0 Å². The van der Waals surface area contributed by atoms with E-state index in [2.05, 4.69) is 10.3 Å². The first-order valence-corrected chi connectivity index (χ1v) is 8.48. The molecule has 0 aliphatic carbocycles. The molecule has 0 saturated carbocycles. The van der Waals surface area contributed by atoms with Crippen LogP contribution in [0.5, 0.6) is 5.75 Å². The number of rotatable bonds is 7. The molecule has 0 fully saturated rings. The minimum atomic E-state index is -0.219. The van der Waals surface area contributed by atoms with Crippen LogP contribution in [0, 0.1) is 6.92 Å². The van der Waals surface area contributed by atoms with Crippen LogP contribution in [-0.2, 0) is 4.79 Å². The van der Waals surface area contributed by atoms with Gasteiger partial charge in [0.05, 0.1) is 6.61 Å². The van der Waals surface area contributed by atoms with Gasteiger partial charge in [-0.1, -0.05) is 0 Å². The normalized spacial score (nSPS) is 10.7. The van der Waals surface area contributed by atoms with Crippen molar-refractivity contribution in [2.45, 2.75) is 26.7 Å². The van der Waals surface area contributed by atoms with Gasteiger partial charge in [0.15, 0.2) is 17.3 Å². The van der Waals surface area contributed by atoms with Gasteiger partial charge in [-0.2, -0.15) is 0 Å². The van der Waals surface area contributed by atoms with Crippen molar-refractivity contribution in [2.24, 2.45) is 0 Å². The van der Waals surface area contributed by atoms with Gasteiger partial charge in [-0.25, -0.2) is 4.98 Å². The van der Waals surface area contributed by atoms with Crippen LogP contribution < -0.4 is 10.1 Å². The predicted molar refractivity (Wildman–Crippen MR) is 98.6 cm³/mol. The molecule has 3 aromatic rings. The Morgan fingerprint density at radius 1 is 1.12 bits per heavy atom. The third-order valence-corrected chi connectivity index (χ3v) is 3.84. The fourth-order valence-corrected chi connectivity index (χ4v) is 2.62. The molecule has 26 heavy (non-hydrogen) atoms. The Balaban J connectivity index is 1.54.